The Bertz CT molecular complexity index is 925. The van der Waals surface area contributed by atoms with Gasteiger partial charge in [-0.1, -0.05) is 56.3 Å². The van der Waals surface area contributed by atoms with Gasteiger partial charge >= 0.3 is 0 Å². The van der Waals surface area contributed by atoms with Crippen molar-refractivity contribution in [1.82, 2.24) is 19.7 Å². The molecule has 0 bridgehead atoms. The lowest BCUT2D eigenvalue weighted by molar-refractivity contribution is -0.0954. The number of para-hydroxylation sites is 1. The second kappa shape index (κ2) is 7.94. The number of hydrogen-bond donors (Lipinski definition) is 0. The lowest BCUT2D eigenvalue weighted by Crippen LogP contribution is -2.48. The van der Waals surface area contributed by atoms with E-state index in [2.05, 4.69) is 36.1 Å². The van der Waals surface area contributed by atoms with Gasteiger partial charge in [-0.3, -0.25) is 4.79 Å². The smallest absolute Gasteiger partial charge is 0.256 e. The highest BCUT2D eigenvalue weighted by molar-refractivity contribution is 5.97. The van der Waals surface area contributed by atoms with Gasteiger partial charge in [0.2, 0.25) is 0 Å². The highest BCUT2D eigenvalue weighted by Gasteiger charge is 2.34. The zero-order chi connectivity index (χ0) is 19.5. The normalized spacial score (nSPS) is 19.8. The summed E-state index contributed by atoms with van der Waals surface area (Å²) in [4.78, 5) is 19.4. The molecule has 144 valence electrons. The minimum Gasteiger partial charge on any atom is -0.366 e. The fraction of sp³-hybridized carbons (Fsp3) is 0.318. The Morgan fingerprint density at radius 2 is 1.82 bits per heavy atom. The van der Waals surface area contributed by atoms with Crippen LogP contribution in [0.2, 0.25) is 0 Å². The van der Waals surface area contributed by atoms with E-state index in [0.717, 1.165) is 11.3 Å². The summed E-state index contributed by atoms with van der Waals surface area (Å²) in [6, 6.07) is 17.6. The zero-order valence-electron chi connectivity index (χ0n) is 16.1. The zero-order valence-corrected chi connectivity index (χ0v) is 16.1. The summed E-state index contributed by atoms with van der Waals surface area (Å²) in [6.07, 6.45) is 2.93. The molecule has 6 heteroatoms. The predicted octanol–water partition coefficient (Wildman–Crippen LogP) is 3.51. The number of amides is 1. The molecule has 0 unspecified atom stereocenters. The maximum atomic E-state index is 13.5. The second-order valence-electron chi connectivity index (χ2n) is 7.39. The fourth-order valence-corrected chi connectivity index (χ4v) is 3.53. The maximum absolute atomic E-state index is 13.5. The lowest BCUT2D eigenvalue weighted by Gasteiger charge is -2.40. The summed E-state index contributed by atoms with van der Waals surface area (Å²) in [5.74, 6) is 0.299. The van der Waals surface area contributed by atoms with E-state index < -0.39 is 0 Å². The molecule has 3 aromatic rings. The largest absolute Gasteiger partial charge is 0.366 e. The molecule has 2 aromatic carbocycles. The molecule has 2 heterocycles. The molecule has 0 spiro atoms. The first-order chi connectivity index (χ1) is 13.6. The van der Waals surface area contributed by atoms with Gasteiger partial charge < -0.3 is 9.64 Å². The molecule has 1 aromatic heterocycles. The standard InChI is InChI=1S/C22H24N4O2/c1-16(2)20-12-25(13-21(28-20)17-8-4-3-5-9-17)22(27)18-10-6-7-11-19(18)26-15-23-14-24-26/h3-11,14-16,20-21H,12-13H2,1-2H3/t20-,21+/m1/s1. The Morgan fingerprint density at radius 3 is 2.54 bits per heavy atom. The number of ether oxygens (including phenoxy) is 1. The van der Waals surface area contributed by atoms with E-state index in [0.29, 0.717) is 24.6 Å². The van der Waals surface area contributed by atoms with Crippen molar-refractivity contribution >= 4 is 5.91 Å². The molecule has 0 radical (unpaired) electrons. The molecule has 0 saturated carbocycles. The molecule has 0 aliphatic carbocycles. The van der Waals surface area contributed by atoms with E-state index in [1.807, 2.05) is 47.4 Å². The Kier molecular flexibility index (Phi) is 5.21. The Labute approximate surface area is 164 Å². The number of hydrogen-bond acceptors (Lipinski definition) is 4. The molecule has 6 nitrogen and oxygen atoms in total. The van der Waals surface area contributed by atoms with Crippen molar-refractivity contribution in [3.8, 4) is 5.69 Å². The van der Waals surface area contributed by atoms with Crippen LogP contribution < -0.4 is 0 Å². The highest BCUT2D eigenvalue weighted by atomic mass is 16.5. The Hall–Kier alpha value is -2.99. The molecular formula is C22H24N4O2. The molecule has 1 amide bonds. The van der Waals surface area contributed by atoms with Crippen LogP contribution in [0, 0.1) is 5.92 Å². The van der Waals surface area contributed by atoms with E-state index in [1.54, 1.807) is 11.0 Å². The predicted molar refractivity (Wildman–Crippen MR) is 106 cm³/mol. The van der Waals surface area contributed by atoms with Gasteiger partial charge in [0.05, 0.1) is 23.9 Å². The van der Waals surface area contributed by atoms with Gasteiger partial charge in [-0.05, 0) is 23.6 Å². The molecule has 28 heavy (non-hydrogen) atoms. The van der Waals surface area contributed by atoms with E-state index in [4.69, 9.17) is 4.74 Å². The molecule has 1 aliphatic rings. The summed E-state index contributed by atoms with van der Waals surface area (Å²) in [6.45, 7) is 5.36. The minimum absolute atomic E-state index is 0.0126. The van der Waals surface area contributed by atoms with Crippen molar-refractivity contribution < 1.29 is 9.53 Å². The first kappa shape index (κ1) is 18.4. The minimum atomic E-state index is -0.134. The Balaban J connectivity index is 1.65. The van der Waals surface area contributed by atoms with E-state index >= 15 is 0 Å². The topological polar surface area (TPSA) is 60.2 Å². The van der Waals surface area contributed by atoms with Crippen molar-refractivity contribution in [2.24, 2.45) is 5.92 Å². The van der Waals surface area contributed by atoms with E-state index in [1.165, 1.54) is 6.33 Å². The number of morpholine rings is 1. The lowest BCUT2D eigenvalue weighted by atomic mass is 10.00. The molecule has 0 N–H and O–H groups in total. The third-order valence-corrected chi connectivity index (χ3v) is 5.13. The van der Waals surface area contributed by atoms with Crippen LogP contribution in [0.1, 0.15) is 35.9 Å². The van der Waals surface area contributed by atoms with Crippen LogP contribution in [-0.4, -0.2) is 44.8 Å². The van der Waals surface area contributed by atoms with E-state index in [-0.39, 0.29) is 18.1 Å². The summed E-state index contributed by atoms with van der Waals surface area (Å²) in [5.41, 5.74) is 2.44. The van der Waals surface area contributed by atoms with Gasteiger partial charge in [-0.25, -0.2) is 9.67 Å². The van der Waals surface area contributed by atoms with Gasteiger partial charge in [-0.2, -0.15) is 5.10 Å². The first-order valence-corrected chi connectivity index (χ1v) is 9.57. The number of carbonyl (C=O) groups is 1. The van der Waals surface area contributed by atoms with Crippen molar-refractivity contribution in [2.45, 2.75) is 26.1 Å². The van der Waals surface area contributed by atoms with Crippen LogP contribution in [0.5, 0.6) is 0 Å². The van der Waals surface area contributed by atoms with Gasteiger partial charge in [0.25, 0.3) is 5.91 Å². The Morgan fingerprint density at radius 1 is 1.07 bits per heavy atom. The fourth-order valence-electron chi connectivity index (χ4n) is 3.53. The highest BCUT2D eigenvalue weighted by Crippen LogP contribution is 2.29. The SMILES string of the molecule is CC(C)[C@H]1CN(C(=O)c2ccccc2-n2cncn2)C[C@@H](c2ccccc2)O1. The molecule has 1 aliphatic heterocycles. The average Bonchev–Trinajstić information content (AvgIpc) is 3.28. The summed E-state index contributed by atoms with van der Waals surface area (Å²) >= 11 is 0. The summed E-state index contributed by atoms with van der Waals surface area (Å²) in [5, 5.41) is 4.19. The van der Waals surface area contributed by atoms with Crippen LogP contribution in [-0.2, 0) is 4.74 Å². The van der Waals surface area contributed by atoms with Crippen molar-refractivity contribution in [1.29, 1.82) is 0 Å². The van der Waals surface area contributed by atoms with Gasteiger partial charge in [0.1, 0.15) is 18.8 Å². The van der Waals surface area contributed by atoms with Gasteiger partial charge in [0.15, 0.2) is 0 Å². The van der Waals surface area contributed by atoms with Crippen molar-refractivity contribution in [3.05, 3.63) is 78.4 Å². The second-order valence-corrected chi connectivity index (χ2v) is 7.39. The maximum Gasteiger partial charge on any atom is 0.256 e. The molecule has 1 fully saturated rings. The molecule has 2 atom stereocenters. The van der Waals surface area contributed by atoms with Crippen molar-refractivity contribution in [2.75, 3.05) is 13.1 Å². The number of benzene rings is 2. The van der Waals surface area contributed by atoms with Gasteiger partial charge in [-0.15, -0.1) is 0 Å². The van der Waals surface area contributed by atoms with Crippen LogP contribution in [0.4, 0.5) is 0 Å². The third kappa shape index (κ3) is 3.68. The molecule has 4 rings (SSSR count). The monoisotopic (exact) mass is 376 g/mol. The number of aromatic nitrogens is 3. The number of carbonyl (C=O) groups excluding carboxylic acids is 1. The molecule has 1 saturated heterocycles. The van der Waals surface area contributed by atoms with Crippen LogP contribution in [0.3, 0.4) is 0 Å². The number of nitrogens with zero attached hydrogens (tertiary/aromatic N) is 4. The first-order valence-electron chi connectivity index (χ1n) is 9.57. The quantitative estimate of drug-likeness (QED) is 0.699. The average molecular weight is 376 g/mol. The third-order valence-electron chi connectivity index (χ3n) is 5.13. The van der Waals surface area contributed by atoms with Gasteiger partial charge in [0, 0.05) is 6.54 Å². The van der Waals surface area contributed by atoms with Crippen LogP contribution in [0.15, 0.2) is 67.3 Å². The summed E-state index contributed by atoms with van der Waals surface area (Å²) < 4.78 is 7.96. The number of rotatable bonds is 4. The van der Waals surface area contributed by atoms with Crippen LogP contribution in [0.25, 0.3) is 5.69 Å². The van der Waals surface area contributed by atoms with Crippen LogP contribution >= 0.6 is 0 Å². The van der Waals surface area contributed by atoms with E-state index in [9.17, 15) is 4.79 Å². The summed E-state index contributed by atoms with van der Waals surface area (Å²) in [7, 11) is 0. The molecular weight excluding hydrogens is 352 g/mol. The van der Waals surface area contributed by atoms with Crippen molar-refractivity contribution in [3.63, 3.8) is 0 Å².